The first-order valence-electron chi connectivity index (χ1n) is 4.75. The van der Waals surface area contributed by atoms with Crippen molar-refractivity contribution in [1.82, 2.24) is 4.90 Å². The predicted molar refractivity (Wildman–Crippen MR) is 51.2 cm³/mol. The van der Waals surface area contributed by atoms with Gasteiger partial charge in [0.25, 0.3) is 0 Å². The topological polar surface area (TPSA) is 36.3 Å². The number of ether oxygens (including phenoxy) is 1. The molecule has 0 saturated carbocycles. The number of nitriles is 1. The van der Waals surface area contributed by atoms with Crippen LogP contribution < -0.4 is 0 Å². The molecule has 0 aromatic heterocycles. The molecule has 1 aliphatic heterocycles. The maximum atomic E-state index is 8.95. The second-order valence-corrected chi connectivity index (χ2v) is 4.20. The first kappa shape index (κ1) is 10.5. The summed E-state index contributed by atoms with van der Waals surface area (Å²) in [5, 5.41) is 8.95. The third-order valence-electron chi connectivity index (χ3n) is 2.80. The molecule has 3 heteroatoms. The van der Waals surface area contributed by atoms with Crippen LogP contribution in [0.1, 0.15) is 20.3 Å². The third kappa shape index (κ3) is 2.43. The Morgan fingerprint density at radius 2 is 2.38 bits per heavy atom. The second kappa shape index (κ2) is 4.08. The summed E-state index contributed by atoms with van der Waals surface area (Å²) in [6.45, 7) is 6.84. The molecule has 1 aliphatic rings. The van der Waals surface area contributed by atoms with Crippen LogP contribution in [0.2, 0.25) is 0 Å². The molecular formula is C10H18N2O. The molecule has 1 rings (SSSR count). The lowest BCUT2D eigenvalue weighted by atomic mass is 9.92. The molecule has 2 atom stereocenters. The van der Waals surface area contributed by atoms with Crippen molar-refractivity contribution in [1.29, 1.82) is 5.26 Å². The van der Waals surface area contributed by atoms with Crippen molar-refractivity contribution in [2.45, 2.75) is 26.3 Å². The lowest BCUT2D eigenvalue weighted by molar-refractivity contribution is 0.110. The predicted octanol–water partition coefficient (Wildman–Crippen LogP) is 1.26. The zero-order chi connectivity index (χ0) is 9.90. The molecule has 0 aromatic carbocycles. The first-order valence-corrected chi connectivity index (χ1v) is 4.75. The van der Waals surface area contributed by atoms with E-state index in [0.717, 1.165) is 26.1 Å². The molecule has 1 fully saturated rings. The van der Waals surface area contributed by atoms with E-state index in [0.29, 0.717) is 6.04 Å². The van der Waals surface area contributed by atoms with Crippen molar-refractivity contribution >= 4 is 0 Å². The van der Waals surface area contributed by atoms with Crippen LogP contribution in [-0.2, 0) is 4.74 Å². The minimum Gasteiger partial charge on any atom is -0.383 e. The SMILES string of the molecule is COCC(C)N1CCC(C)(C#N)C1. The molecule has 0 bridgehead atoms. The molecular weight excluding hydrogens is 164 g/mol. The number of likely N-dealkylation sites (tertiary alicyclic amines) is 1. The Labute approximate surface area is 80.3 Å². The van der Waals surface area contributed by atoms with Gasteiger partial charge in [0, 0.05) is 26.2 Å². The van der Waals surface area contributed by atoms with E-state index in [2.05, 4.69) is 17.9 Å². The molecule has 2 unspecified atom stereocenters. The average Bonchev–Trinajstić information content (AvgIpc) is 2.50. The number of hydrogen-bond donors (Lipinski definition) is 0. The number of methoxy groups -OCH3 is 1. The summed E-state index contributed by atoms with van der Waals surface area (Å²) in [5.74, 6) is 0. The van der Waals surface area contributed by atoms with Gasteiger partial charge >= 0.3 is 0 Å². The minimum absolute atomic E-state index is 0.137. The zero-order valence-corrected chi connectivity index (χ0v) is 8.71. The lowest BCUT2D eigenvalue weighted by Gasteiger charge is -2.24. The van der Waals surface area contributed by atoms with Gasteiger partial charge in [-0.05, 0) is 20.3 Å². The van der Waals surface area contributed by atoms with Crippen LogP contribution in [0, 0.1) is 16.7 Å². The largest absolute Gasteiger partial charge is 0.383 e. The molecule has 0 amide bonds. The quantitative estimate of drug-likeness (QED) is 0.659. The fourth-order valence-electron chi connectivity index (χ4n) is 1.81. The average molecular weight is 182 g/mol. The molecule has 0 aliphatic carbocycles. The van der Waals surface area contributed by atoms with E-state index in [1.807, 2.05) is 6.92 Å². The normalized spacial score (nSPS) is 31.5. The van der Waals surface area contributed by atoms with Gasteiger partial charge in [0.1, 0.15) is 0 Å². The summed E-state index contributed by atoms with van der Waals surface area (Å²) in [4.78, 5) is 2.33. The van der Waals surface area contributed by atoms with Gasteiger partial charge in [-0.25, -0.2) is 0 Å². The molecule has 1 saturated heterocycles. The number of nitrogens with zero attached hydrogens (tertiary/aromatic N) is 2. The van der Waals surface area contributed by atoms with E-state index in [-0.39, 0.29) is 5.41 Å². The van der Waals surface area contributed by atoms with Crippen LogP contribution >= 0.6 is 0 Å². The summed E-state index contributed by atoms with van der Waals surface area (Å²) in [6.07, 6.45) is 0.984. The van der Waals surface area contributed by atoms with Crippen LogP contribution in [0.25, 0.3) is 0 Å². The summed E-state index contributed by atoms with van der Waals surface area (Å²) in [6, 6.07) is 2.82. The first-order chi connectivity index (χ1) is 6.11. The van der Waals surface area contributed by atoms with E-state index in [1.54, 1.807) is 7.11 Å². The fourth-order valence-corrected chi connectivity index (χ4v) is 1.81. The highest BCUT2D eigenvalue weighted by Gasteiger charge is 2.35. The molecule has 1 heterocycles. The van der Waals surface area contributed by atoms with E-state index in [9.17, 15) is 0 Å². The molecule has 74 valence electrons. The van der Waals surface area contributed by atoms with Crippen molar-refractivity contribution in [2.24, 2.45) is 5.41 Å². The van der Waals surface area contributed by atoms with Gasteiger partial charge in [-0.2, -0.15) is 5.26 Å². The summed E-state index contributed by atoms with van der Waals surface area (Å²) in [7, 11) is 1.72. The number of hydrogen-bond acceptors (Lipinski definition) is 3. The minimum atomic E-state index is -0.137. The molecule has 0 aromatic rings. The van der Waals surface area contributed by atoms with Crippen molar-refractivity contribution < 1.29 is 4.74 Å². The summed E-state index contributed by atoms with van der Waals surface area (Å²) in [5.41, 5.74) is -0.137. The monoisotopic (exact) mass is 182 g/mol. The van der Waals surface area contributed by atoms with Gasteiger partial charge in [-0.15, -0.1) is 0 Å². The smallest absolute Gasteiger partial charge is 0.0700 e. The molecule has 0 spiro atoms. The highest BCUT2D eigenvalue weighted by Crippen LogP contribution is 2.29. The van der Waals surface area contributed by atoms with Crippen LogP contribution in [0.15, 0.2) is 0 Å². The Morgan fingerprint density at radius 1 is 1.69 bits per heavy atom. The number of rotatable bonds is 3. The highest BCUT2D eigenvalue weighted by atomic mass is 16.5. The molecule has 3 nitrogen and oxygen atoms in total. The third-order valence-corrected chi connectivity index (χ3v) is 2.80. The van der Waals surface area contributed by atoms with Crippen LogP contribution in [0.5, 0.6) is 0 Å². The van der Waals surface area contributed by atoms with Crippen molar-refractivity contribution in [2.75, 3.05) is 26.8 Å². The Kier molecular flexibility index (Phi) is 3.29. The lowest BCUT2D eigenvalue weighted by Crippen LogP contribution is -2.35. The van der Waals surface area contributed by atoms with E-state index in [1.165, 1.54) is 0 Å². The Bertz CT molecular complexity index is 211. The standard InChI is InChI=1S/C10H18N2O/c1-9(6-13-3)12-5-4-10(2,7-11)8-12/h9H,4-6,8H2,1-3H3. The van der Waals surface area contributed by atoms with Crippen LogP contribution in [0.4, 0.5) is 0 Å². The van der Waals surface area contributed by atoms with Gasteiger partial charge in [0.2, 0.25) is 0 Å². The Morgan fingerprint density at radius 3 is 2.85 bits per heavy atom. The molecule has 13 heavy (non-hydrogen) atoms. The van der Waals surface area contributed by atoms with Crippen molar-refractivity contribution in [3.05, 3.63) is 0 Å². The maximum absolute atomic E-state index is 8.95. The van der Waals surface area contributed by atoms with E-state index in [4.69, 9.17) is 10.00 Å². The van der Waals surface area contributed by atoms with Crippen molar-refractivity contribution in [3.8, 4) is 6.07 Å². The van der Waals surface area contributed by atoms with Crippen LogP contribution in [0.3, 0.4) is 0 Å². The van der Waals surface area contributed by atoms with Gasteiger partial charge in [0.05, 0.1) is 18.1 Å². The van der Waals surface area contributed by atoms with Gasteiger partial charge in [0.15, 0.2) is 0 Å². The van der Waals surface area contributed by atoms with Crippen molar-refractivity contribution in [3.63, 3.8) is 0 Å². The van der Waals surface area contributed by atoms with Crippen LogP contribution in [-0.4, -0.2) is 37.7 Å². The highest BCUT2D eigenvalue weighted by molar-refractivity contribution is 5.02. The fraction of sp³-hybridized carbons (Fsp3) is 0.900. The van der Waals surface area contributed by atoms with E-state index < -0.39 is 0 Å². The summed E-state index contributed by atoms with van der Waals surface area (Å²) < 4.78 is 5.09. The Balaban J connectivity index is 2.46. The molecule has 0 radical (unpaired) electrons. The van der Waals surface area contributed by atoms with E-state index >= 15 is 0 Å². The molecule has 0 N–H and O–H groups in total. The zero-order valence-electron chi connectivity index (χ0n) is 8.71. The van der Waals surface area contributed by atoms with Gasteiger partial charge in [-0.1, -0.05) is 0 Å². The second-order valence-electron chi connectivity index (χ2n) is 4.20. The van der Waals surface area contributed by atoms with Gasteiger partial charge in [-0.3, -0.25) is 4.90 Å². The maximum Gasteiger partial charge on any atom is 0.0700 e. The van der Waals surface area contributed by atoms with Gasteiger partial charge < -0.3 is 4.74 Å². The summed E-state index contributed by atoms with van der Waals surface area (Å²) >= 11 is 0. The Hall–Kier alpha value is -0.590.